The molecule has 3 aliphatic rings. The molecule has 1 aliphatic carbocycles. The quantitative estimate of drug-likeness (QED) is 0.212. The molecule has 0 amide bonds. The van der Waals surface area contributed by atoms with Crippen molar-refractivity contribution in [3.8, 4) is 11.3 Å². The van der Waals surface area contributed by atoms with Gasteiger partial charge < -0.3 is 25.1 Å². The van der Waals surface area contributed by atoms with Crippen molar-refractivity contribution in [2.24, 2.45) is 10.9 Å². The number of pyridine rings is 1. The Morgan fingerprint density at radius 3 is 2.44 bits per heavy atom. The Morgan fingerprint density at radius 2 is 1.83 bits per heavy atom. The second-order valence-electron chi connectivity index (χ2n) is 9.83. The molecular weight excluding hydrogens is 468 g/mol. The summed E-state index contributed by atoms with van der Waals surface area (Å²) in [4.78, 5) is 6.88. The number of rotatable bonds is 7. The average Bonchev–Trinajstić information content (AvgIpc) is 3.59. The van der Waals surface area contributed by atoms with Crippen molar-refractivity contribution >= 4 is 11.7 Å². The number of anilines is 1. The van der Waals surface area contributed by atoms with Crippen LogP contribution in [0.3, 0.4) is 0 Å². The highest BCUT2D eigenvalue weighted by molar-refractivity contribution is 5.96. The number of hydrogen-bond donors (Lipinski definition) is 2. The number of ether oxygens (including phenoxy) is 1. The minimum absolute atomic E-state index is 0.00969. The Kier molecular flexibility index (Phi) is 5.83. The Balaban J connectivity index is 1.18. The molecule has 2 bridgehead atoms. The predicted octanol–water partition coefficient (Wildman–Crippen LogP) is 4.70. The standard InChI is InChI=1S/C26H27F2N5O3/c27-20-2-1-3-21(28)23(20)24-19(25(36-32-24)14-4-5-14)13-35-18-10-16-7-8-17(11-18)33(16)22-9-6-15(12-30-22)26(29)31-34/h1-3,6,9,12,14,16-18,34H,4-5,7-8,10-11,13H2,(H2,29,31)/t16-,17+,18+. The van der Waals surface area contributed by atoms with Gasteiger partial charge in [0.1, 0.15) is 28.9 Å². The first-order chi connectivity index (χ1) is 17.5. The third-order valence-corrected chi connectivity index (χ3v) is 7.54. The van der Waals surface area contributed by atoms with E-state index in [1.807, 2.05) is 6.07 Å². The van der Waals surface area contributed by atoms with E-state index in [2.05, 4.69) is 20.2 Å². The van der Waals surface area contributed by atoms with Crippen molar-refractivity contribution < 1.29 is 23.2 Å². The third kappa shape index (κ3) is 4.09. The van der Waals surface area contributed by atoms with Crippen LogP contribution in [0.2, 0.25) is 0 Å². The molecule has 1 saturated carbocycles. The first-order valence-electron chi connectivity index (χ1n) is 12.3. The molecule has 0 spiro atoms. The van der Waals surface area contributed by atoms with E-state index in [1.54, 1.807) is 12.3 Å². The fourth-order valence-electron chi connectivity index (χ4n) is 5.63. The van der Waals surface area contributed by atoms with Crippen molar-refractivity contribution in [2.45, 2.75) is 69.2 Å². The van der Waals surface area contributed by atoms with Crippen LogP contribution in [-0.4, -0.2) is 39.4 Å². The number of amidine groups is 1. The summed E-state index contributed by atoms with van der Waals surface area (Å²) in [5, 5.41) is 16.0. The van der Waals surface area contributed by atoms with Gasteiger partial charge in [-0.1, -0.05) is 16.4 Å². The van der Waals surface area contributed by atoms with E-state index in [-0.39, 0.29) is 47.8 Å². The van der Waals surface area contributed by atoms with E-state index in [9.17, 15) is 8.78 Å². The van der Waals surface area contributed by atoms with Crippen LogP contribution >= 0.6 is 0 Å². The summed E-state index contributed by atoms with van der Waals surface area (Å²) < 4.78 is 41.0. The summed E-state index contributed by atoms with van der Waals surface area (Å²) in [5.74, 6) is 0.480. The van der Waals surface area contributed by atoms with Gasteiger partial charge in [-0.25, -0.2) is 13.8 Å². The molecule has 4 heterocycles. The molecule has 8 nitrogen and oxygen atoms in total. The number of aromatic nitrogens is 2. The number of oxime groups is 1. The lowest BCUT2D eigenvalue weighted by atomic mass is 9.99. The summed E-state index contributed by atoms with van der Waals surface area (Å²) in [6.45, 7) is 0.204. The molecule has 3 fully saturated rings. The molecule has 3 atom stereocenters. The van der Waals surface area contributed by atoms with Gasteiger partial charge in [0, 0.05) is 35.3 Å². The summed E-state index contributed by atoms with van der Waals surface area (Å²) in [6, 6.07) is 8.06. The van der Waals surface area contributed by atoms with Crippen molar-refractivity contribution in [1.29, 1.82) is 0 Å². The van der Waals surface area contributed by atoms with Gasteiger partial charge in [-0.15, -0.1) is 0 Å². The highest BCUT2D eigenvalue weighted by Gasteiger charge is 2.42. The number of piperidine rings is 1. The van der Waals surface area contributed by atoms with E-state index in [0.717, 1.165) is 44.3 Å². The lowest BCUT2D eigenvalue weighted by Crippen LogP contribution is -2.46. The van der Waals surface area contributed by atoms with E-state index < -0.39 is 11.6 Å². The lowest BCUT2D eigenvalue weighted by Gasteiger charge is -2.39. The van der Waals surface area contributed by atoms with Gasteiger partial charge in [-0.2, -0.15) is 0 Å². The smallest absolute Gasteiger partial charge is 0.171 e. The summed E-state index contributed by atoms with van der Waals surface area (Å²) in [5.41, 5.74) is 6.90. The Bertz CT molecular complexity index is 1260. The maximum absolute atomic E-state index is 14.5. The highest BCUT2D eigenvalue weighted by atomic mass is 19.1. The zero-order valence-corrected chi connectivity index (χ0v) is 19.6. The zero-order valence-electron chi connectivity index (χ0n) is 19.6. The van der Waals surface area contributed by atoms with Crippen molar-refractivity contribution in [3.05, 3.63) is 65.1 Å². The van der Waals surface area contributed by atoms with Crippen molar-refractivity contribution in [3.63, 3.8) is 0 Å². The second-order valence-corrected chi connectivity index (χ2v) is 9.83. The van der Waals surface area contributed by atoms with Gasteiger partial charge in [-0.05, 0) is 62.8 Å². The highest BCUT2D eigenvalue weighted by Crippen LogP contribution is 2.45. The van der Waals surface area contributed by atoms with Crippen LogP contribution in [0.5, 0.6) is 0 Å². The molecule has 2 aliphatic heterocycles. The topological polar surface area (TPSA) is 110 Å². The normalized spacial score (nSPS) is 23.9. The number of hydrogen-bond acceptors (Lipinski definition) is 7. The van der Waals surface area contributed by atoms with Crippen LogP contribution in [0.4, 0.5) is 14.6 Å². The fourth-order valence-corrected chi connectivity index (χ4v) is 5.63. The van der Waals surface area contributed by atoms with Crippen molar-refractivity contribution in [1.82, 2.24) is 10.1 Å². The molecule has 10 heteroatoms. The van der Waals surface area contributed by atoms with E-state index in [4.69, 9.17) is 20.2 Å². The van der Waals surface area contributed by atoms with Crippen LogP contribution in [0.25, 0.3) is 11.3 Å². The van der Waals surface area contributed by atoms with Crippen LogP contribution in [0.15, 0.2) is 46.2 Å². The Hall–Kier alpha value is -3.53. The number of nitrogens with zero attached hydrogens (tertiary/aromatic N) is 4. The average molecular weight is 496 g/mol. The molecule has 36 heavy (non-hydrogen) atoms. The van der Waals surface area contributed by atoms with E-state index in [1.165, 1.54) is 18.2 Å². The number of benzene rings is 1. The first kappa shape index (κ1) is 22.9. The first-order valence-corrected chi connectivity index (χ1v) is 12.3. The van der Waals surface area contributed by atoms with Gasteiger partial charge in [0.2, 0.25) is 0 Å². The van der Waals surface area contributed by atoms with Crippen molar-refractivity contribution in [2.75, 3.05) is 4.90 Å². The Labute approximate surface area is 206 Å². The maximum Gasteiger partial charge on any atom is 0.171 e. The third-order valence-electron chi connectivity index (χ3n) is 7.54. The van der Waals surface area contributed by atoms with E-state index >= 15 is 0 Å². The largest absolute Gasteiger partial charge is 0.409 e. The summed E-state index contributed by atoms with van der Waals surface area (Å²) in [7, 11) is 0. The SMILES string of the molecule is N/C(=N\O)c1ccc(N2[C@@H]3CC[C@H]2C[C@@H](OCc2c(-c4c(F)cccc4F)noc2C2CC2)C3)nc1. The minimum Gasteiger partial charge on any atom is -0.409 e. The number of nitrogens with two attached hydrogens (primary N) is 1. The van der Waals surface area contributed by atoms with Crippen LogP contribution in [0, 0.1) is 11.6 Å². The minimum atomic E-state index is -0.663. The van der Waals surface area contributed by atoms with Gasteiger partial charge in [0.15, 0.2) is 5.84 Å². The van der Waals surface area contributed by atoms with Gasteiger partial charge in [-0.3, -0.25) is 0 Å². The lowest BCUT2D eigenvalue weighted by molar-refractivity contribution is 0.0146. The van der Waals surface area contributed by atoms with Crippen LogP contribution in [-0.2, 0) is 11.3 Å². The maximum atomic E-state index is 14.5. The molecule has 2 aromatic heterocycles. The molecule has 0 unspecified atom stereocenters. The molecule has 1 aromatic carbocycles. The van der Waals surface area contributed by atoms with Crippen LogP contribution < -0.4 is 10.6 Å². The van der Waals surface area contributed by atoms with Gasteiger partial charge in [0.25, 0.3) is 0 Å². The molecule has 188 valence electrons. The second kappa shape index (κ2) is 9.16. The molecule has 3 aromatic rings. The summed E-state index contributed by atoms with van der Waals surface area (Å²) in [6.07, 6.45) is 7.32. The van der Waals surface area contributed by atoms with Gasteiger partial charge in [0.05, 0.1) is 18.3 Å². The van der Waals surface area contributed by atoms with E-state index in [0.29, 0.717) is 16.9 Å². The summed E-state index contributed by atoms with van der Waals surface area (Å²) >= 11 is 0. The molecule has 0 radical (unpaired) electrons. The van der Waals surface area contributed by atoms with Crippen LogP contribution in [0.1, 0.15) is 61.3 Å². The molecule has 3 N–H and O–H groups in total. The predicted molar refractivity (Wildman–Crippen MR) is 128 cm³/mol. The molecular formula is C26H27F2N5O3. The monoisotopic (exact) mass is 495 g/mol. The number of fused-ring (bicyclic) bond motifs is 2. The number of halogens is 2. The zero-order chi connectivity index (χ0) is 24.8. The fraction of sp³-hybridized carbons (Fsp3) is 0.423. The Morgan fingerprint density at radius 1 is 1.11 bits per heavy atom. The molecule has 6 rings (SSSR count). The van der Waals surface area contributed by atoms with Gasteiger partial charge >= 0.3 is 0 Å². The molecule has 2 saturated heterocycles.